The van der Waals surface area contributed by atoms with Gasteiger partial charge in [-0.05, 0) is 20.5 Å². The molecule has 2 N–H and O–H groups in total. The fourth-order valence-corrected chi connectivity index (χ4v) is 1.41. The summed E-state index contributed by atoms with van der Waals surface area (Å²) in [5.74, 6) is 0.194. The monoisotopic (exact) mass is 185 g/mol. The van der Waals surface area contributed by atoms with Gasteiger partial charge in [0.25, 0.3) is 0 Å². The van der Waals surface area contributed by atoms with Crippen LogP contribution in [-0.2, 0) is 4.79 Å². The van der Waals surface area contributed by atoms with Crippen LogP contribution in [0.4, 0.5) is 0 Å². The molecule has 0 bridgehead atoms. The van der Waals surface area contributed by atoms with Gasteiger partial charge in [-0.25, -0.2) is 0 Å². The molecule has 0 aromatic rings. The van der Waals surface area contributed by atoms with E-state index in [2.05, 4.69) is 29.6 Å². The van der Waals surface area contributed by atoms with Crippen LogP contribution in [0.25, 0.3) is 0 Å². The Labute approximate surface area is 79.7 Å². The van der Waals surface area contributed by atoms with Gasteiger partial charge in [-0.2, -0.15) is 0 Å². The zero-order valence-corrected chi connectivity index (χ0v) is 8.47. The third kappa shape index (κ3) is 4.24. The third-order valence-corrected chi connectivity index (χ3v) is 2.21. The fraction of sp³-hybridized carbons (Fsp3) is 0.889. The Morgan fingerprint density at radius 2 is 2.38 bits per heavy atom. The lowest BCUT2D eigenvalue weighted by molar-refractivity contribution is -0.119. The van der Waals surface area contributed by atoms with Crippen LogP contribution in [0, 0.1) is 0 Å². The second kappa shape index (κ2) is 5.19. The Morgan fingerprint density at radius 3 is 2.92 bits per heavy atom. The van der Waals surface area contributed by atoms with Crippen molar-refractivity contribution in [2.24, 2.45) is 0 Å². The molecule has 76 valence electrons. The molecule has 1 aliphatic heterocycles. The van der Waals surface area contributed by atoms with Crippen molar-refractivity contribution in [3.63, 3.8) is 0 Å². The minimum atomic E-state index is 0.194. The van der Waals surface area contributed by atoms with Crippen LogP contribution in [0.5, 0.6) is 0 Å². The Kier molecular flexibility index (Phi) is 4.18. The maximum Gasteiger partial charge on any atom is 0.220 e. The molecule has 0 aromatic heterocycles. The van der Waals surface area contributed by atoms with E-state index in [4.69, 9.17) is 0 Å². The van der Waals surface area contributed by atoms with Crippen LogP contribution in [0.3, 0.4) is 0 Å². The van der Waals surface area contributed by atoms with Crippen LogP contribution in [0.2, 0.25) is 0 Å². The summed E-state index contributed by atoms with van der Waals surface area (Å²) >= 11 is 0. The highest BCUT2D eigenvalue weighted by molar-refractivity contribution is 5.78. The smallest absolute Gasteiger partial charge is 0.220 e. The number of nitrogens with zero attached hydrogens (tertiary/aromatic N) is 1. The standard InChI is InChI=1S/C9H19N3O/c1-12(2)6-5-10-7-8-3-4-9(13)11-8/h8,10H,3-7H2,1-2H3,(H,11,13). The minimum Gasteiger partial charge on any atom is -0.352 e. The highest BCUT2D eigenvalue weighted by Crippen LogP contribution is 2.04. The van der Waals surface area contributed by atoms with Gasteiger partial charge in [0.05, 0.1) is 0 Å². The minimum absolute atomic E-state index is 0.194. The lowest BCUT2D eigenvalue weighted by Crippen LogP contribution is -2.38. The molecular weight excluding hydrogens is 166 g/mol. The van der Waals surface area contributed by atoms with Gasteiger partial charge < -0.3 is 15.5 Å². The predicted molar refractivity (Wildman–Crippen MR) is 52.6 cm³/mol. The molecule has 0 radical (unpaired) electrons. The maximum absolute atomic E-state index is 10.8. The highest BCUT2D eigenvalue weighted by Gasteiger charge is 2.19. The lowest BCUT2D eigenvalue weighted by Gasteiger charge is -2.13. The quantitative estimate of drug-likeness (QED) is 0.563. The van der Waals surface area contributed by atoms with Gasteiger partial charge in [-0.1, -0.05) is 0 Å². The van der Waals surface area contributed by atoms with Gasteiger partial charge in [0.1, 0.15) is 0 Å². The van der Waals surface area contributed by atoms with E-state index in [1.165, 1.54) is 0 Å². The number of carbonyl (C=O) groups is 1. The first-order chi connectivity index (χ1) is 6.18. The van der Waals surface area contributed by atoms with E-state index >= 15 is 0 Å². The molecule has 4 heteroatoms. The SMILES string of the molecule is CN(C)CCNCC1CCC(=O)N1. The Balaban J connectivity index is 1.97. The second-order valence-corrected chi connectivity index (χ2v) is 3.81. The van der Waals surface area contributed by atoms with Crippen molar-refractivity contribution >= 4 is 5.91 Å². The molecule has 0 aliphatic carbocycles. The van der Waals surface area contributed by atoms with E-state index < -0.39 is 0 Å². The molecular formula is C9H19N3O. The van der Waals surface area contributed by atoms with E-state index in [9.17, 15) is 4.79 Å². The summed E-state index contributed by atoms with van der Waals surface area (Å²) in [6, 6.07) is 0.356. The summed E-state index contributed by atoms with van der Waals surface area (Å²) in [5.41, 5.74) is 0. The Hall–Kier alpha value is -0.610. The van der Waals surface area contributed by atoms with Gasteiger partial charge >= 0.3 is 0 Å². The first-order valence-electron chi connectivity index (χ1n) is 4.83. The molecule has 13 heavy (non-hydrogen) atoms. The molecule has 1 amide bonds. The number of nitrogens with one attached hydrogen (secondary N) is 2. The zero-order valence-electron chi connectivity index (χ0n) is 8.47. The summed E-state index contributed by atoms with van der Waals surface area (Å²) in [7, 11) is 4.11. The van der Waals surface area contributed by atoms with Gasteiger partial charge in [0.15, 0.2) is 0 Å². The molecule has 1 unspecified atom stereocenters. The first-order valence-corrected chi connectivity index (χ1v) is 4.83. The first kappa shape index (κ1) is 10.5. The number of amides is 1. The summed E-state index contributed by atoms with van der Waals surface area (Å²) in [4.78, 5) is 13.0. The van der Waals surface area contributed by atoms with E-state index in [0.29, 0.717) is 12.5 Å². The van der Waals surface area contributed by atoms with Crippen LogP contribution in [-0.4, -0.2) is 50.6 Å². The molecule has 1 saturated heterocycles. The molecule has 1 heterocycles. The van der Waals surface area contributed by atoms with Crippen molar-refractivity contribution < 1.29 is 4.79 Å². The number of hydrogen-bond acceptors (Lipinski definition) is 3. The molecule has 1 fully saturated rings. The molecule has 1 aliphatic rings. The van der Waals surface area contributed by atoms with Crippen LogP contribution in [0.15, 0.2) is 0 Å². The van der Waals surface area contributed by atoms with Crippen molar-refractivity contribution in [2.45, 2.75) is 18.9 Å². The topological polar surface area (TPSA) is 44.4 Å². The normalized spacial score (nSPS) is 22.4. The average molecular weight is 185 g/mol. The van der Waals surface area contributed by atoms with Crippen LogP contribution in [0.1, 0.15) is 12.8 Å². The van der Waals surface area contributed by atoms with Crippen molar-refractivity contribution in [2.75, 3.05) is 33.7 Å². The predicted octanol–water partition coefficient (Wildman–Crippen LogP) is -0.584. The molecule has 0 aromatic carbocycles. The van der Waals surface area contributed by atoms with Gasteiger partial charge in [-0.3, -0.25) is 4.79 Å². The molecule has 0 spiro atoms. The van der Waals surface area contributed by atoms with Crippen LogP contribution >= 0.6 is 0 Å². The number of likely N-dealkylation sites (N-methyl/N-ethyl adjacent to an activating group) is 1. The number of hydrogen-bond donors (Lipinski definition) is 2. The second-order valence-electron chi connectivity index (χ2n) is 3.81. The Morgan fingerprint density at radius 1 is 1.62 bits per heavy atom. The van der Waals surface area contributed by atoms with E-state index in [1.54, 1.807) is 0 Å². The van der Waals surface area contributed by atoms with E-state index in [-0.39, 0.29) is 5.91 Å². The van der Waals surface area contributed by atoms with Crippen molar-refractivity contribution in [3.8, 4) is 0 Å². The summed E-state index contributed by atoms with van der Waals surface area (Å²) in [6.07, 6.45) is 1.67. The molecule has 4 nitrogen and oxygen atoms in total. The fourth-order valence-electron chi connectivity index (χ4n) is 1.41. The third-order valence-electron chi connectivity index (χ3n) is 2.21. The lowest BCUT2D eigenvalue weighted by atomic mass is 10.2. The van der Waals surface area contributed by atoms with E-state index in [1.807, 2.05) is 0 Å². The number of rotatable bonds is 5. The van der Waals surface area contributed by atoms with Crippen molar-refractivity contribution in [3.05, 3.63) is 0 Å². The number of carbonyl (C=O) groups excluding carboxylic acids is 1. The van der Waals surface area contributed by atoms with Crippen molar-refractivity contribution in [1.29, 1.82) is 0 Å². The van der Waals surface area contributed by atoms with Gasteiger partial charge in [0, 0.05) is 32.1 Å². The molecule has 0 saturated carbocycles. The molecule has 1 atom stereocenters. The van der Waals surface area contributed by atoms with Gasteiger partial charge in [-0.15, -0.1) is 0 Å². The van der Waals surface area contributed by atoms with Crippen LogP contribution < -0.4 is 10.6 Å². The summed E-state index contributed by atoms with van der Waals surface area (Å²) in [5, 5.41) is 6.25. The average Bonchev–Trinajstić information content (AvgIpc) is 2.45. The van der Waals surface area contributed by atoms with E-state index in [0.717, 1.165) is 26.1 Å². The Bertz CT molecular complexity index is 170. The maximum atomic E-state index is 10.8. The zero-order chi connectivity index (χ0) is 9.68. The highest BCUT2D eigenvalue weighted by atomic mass is 16.1. The van der Waals surface area contributed by atoms with Gasteiger partial charge in [0.2, 0.25) is 5.91 Å². The largest absolute Gasteiger partial charge is 0.352 e. The summed E-state index contributed by atoms with van der Waals surface area (Å²) < 4.78 is 0. The van der Waals surface area contributed by atoms with Crippen molar-refractivity contribution in [1.82, 2.24) is 15.5 Å². The molecule has 1 rings (SSSR count). The summed E-state index contributed by atoms with van der Waals surface area (Å²) in [6.45, 7) is 2.93.